The number of alkyl halides is 3. The first-order valence-corrected chi connectivity index (χ1v) is 7.95. The van der Waals surface area contributed by atoms with Gasteiger partial charge in [0.1, 0.15) is 0 Å². The summed E-state index contributed by atoms with van der Waals surface area (Å²) in [6.07, 6.45) is -4.46. The Labute approximate surface area is 148 Å². The highest BCUT2D eigenvalue weighted by Gasteiger charge is 2.34. The maximum atomic E-state index is 12.7. The quantitative estimate of drug-likeness (QED) is 0.818. The van der Waals surface area contributed by atoms with Gasteiger partial charge in [-0.15, -0.1) is 0 Å². The number of nitrogens with zero attached hydrogens (tertiary/aromatic N) is 2. The van der Waals surface area contributed by atoms with Gasteiger partial charge in [-0.25, -0.2) is 4.79 Å². The molecular weight excluding hydrogens is 357 g/mol. The van der Waals surface area contributed by atoms with Crippen molar-refractivity contribution in [3.8, 4) is 0 Å². The molecule has 2 aromatic rings. The molecule has 0 radical (unpaired) electrons. The van der Waals surface area contributed by atoms with E-state index < -0.39 is 17.9 Å². The molecule has 25 heavy (non-hydrogen) atoms. The number of halogens is 4. The highest BCUT2D eigenvalue weighted by molar-refractivity contribution is 6.30. The second-order valence-corrected chi connectivity index (χ2v) is 6.24. The molecule has 0 fully saturated rings. The fourth-order valence-corrected chi connectivity index (χ4v) is 2.39. The summed E-state index contributed by atoms with van der Waals surface area (Å²) in [6, 6.07) is 7.29. The Bertz CT molecular complexity index is 745. The van der Waals surface area contributed by atoms with Crippen LogP contribution < -0.4 is 10.6 Å². The first kappa shape index (κ1) is 19.1. The van der Waals surface area contributed by atoms with E-state index in [0.717, 1.165) is 6.07 Å². The van der Waals surface area contributed by atoms with Crippen LogP contribution in [-0.4, -0.2) is 22.4 Å². The molecule has 0 aliphatic heterocycles. The van der Waals surface area contributed by atoms with Crippen LogP contribution in [0.1, 0.15) is 18.3 Å². The minimum absolute atomic E-state index is 0.107. The average Bonchev–Trinajstić information content (AvgIpc) is 2.86. The number of benzene rings is 1. The van der Waals surface area contributed by atoms with Crippen molar-refractivity contribution in [2.45, 2.75) is 26.6 Å². The van der Waals surface area contributed by atoms with Crippen LogP contribution in [-0.2, 0) is 12.7 Å². The Balaban J connectivity index is 1.85. The zero-order valence-electron chi connectivity index (χ0n) is 13.7. The smallest absolute Gasteiger partial charge is 0.338 e. The fraction of sp³-hybridized carbons (Fsp3) is 0.375. The van der Waals surface area contributed by atoms with Gasteiger partial charge >= 0.3 is 12.2 Å². The van der Waals surface area contributed by atoms with E-state index in [9.17, 15) is 18.0 Å². The van der Waals surface area contributed by atoms with Crippen molar-refractivity contribution in [2.75, 3.05) is 11.9 Å². The van der Waals surface area contributed by atoms with Crippen LogP contribution in [0, 0.1) is 12.8 Å². The number of anilines is 1. The molecule has 0 bridgehead atoms. The summed E-state index contributed by atoms with van der Waals surface area (Å²) < 4.78 is 39.3. The number of aromatic nitrogens is 2. The van der Waals surface area contributed by atoms with Crippen LogP contribution in [0.25, 0.3) is 0 Å². The van der Waals surface area contributed by atoms with Gasteiger partial charge in [-0.05, 0) is 37.1 Å². The number of hydrogen-bond acceptors (Lipinski definition) is 2. The number of nitrogens with one attached hydrogen (secondary N) is 2. The molecule has 0 unspecified atom stereocenters. The Morgan fingerprint density at radius 1 is 1.36 bits per heavy atom. The zero-order valence-corrected chi connectivity index (χ0v) is 14.4. The van der Waals surface area contributed by atoms with Crippen LogP contribution >= 0.6 is 11.6 Å². The van der Waals surface area contributed by atoms with E-state index in [0.29, 0.717) is 16.4 Å². The molecule has 0 aliphatic rings. The molecule has 0 saturated carbocycles. The van der Waals surface area contributed by atoms with Gasteiger partial charge < -0.3 is 10.6 Å². The van der Waals surface area contributed by atoms with E-state index in [2.05, 4.69) is 15.7 Å². The number of hydrogen-bond donors (Lipinski definition) is 2. The van der Waals surface area contributed by atoms with Crippen LogP contribution in [0.15, 0.2) is 30.3 Å². The molecule has 0 aliphatic carbocycles. The molecule has 2 amide bonds. The number of urea groups is 1. The van der Waals surface area contributed by atoms with E-state index in [1.807, 2.05) is 6.92 Å². The van der Waals surface area contributed by atoms with Crippen molar-refractivity contribution in [3.63, 3.8) is 0 Å². The molecular formula is C16H18ClF3N4O. The molecule has 9 heteroatoms. The lowest BCUT2D eigenvalue weighted by molar-refractivity contribution is -0.141. The van der Waals surface area contributed by atoms with Crippen molar-refractivity contribution < 1.29 is 18.0 Å². The lowest BCUT2D eigenvalue weighted by Gasteiger charge is -2.14. The third-order valence-electron chi connectivity index (χ3n) is 3.45. The summed E-state index contributed by atoms with van der Waals surface area (Å²) >= 11 is 5.83. The maximum absolute atomic E-state index is 12.7. The molecule has 1 heterocycles. The van der Waals surface area contributed by atoms with Crippen LogP contribution in [0.3, 0.4) is 0 Å². The van der Waals surface area contributed by atoms with Gasteiger partial charge in [-0.3, -0.25) is 4.68 Å². The highest BCUT2D eigenvalue weighted by atomic mass is 35.5. The Morgan fingerprint density at radius 3 is 2.68 bits per heavy atom. The molecule has 2 N–H and O–H groups in total. The first-order valence-electron chi connectivity index (χ1n) is 7.57. The Morgan fingerprint density at radius 2 is 2.08 bits per heavy atom. The van der Waals surface area contributed by atoms with Crippen molar-refractivity contribution in [2.24, 2.45) is 5.92 Å². The fourth-order valence-electron chi connectivity index (χ4n) is 2.20. The summed E-state index contributed by atoms with van der Waals surface area (Å²) in [4.78, 5) is 11.8. The zero-order chi connectivity index (χ0) is 18.6. The Kier molecular flexibility index (Phi) is 5.94. The summed E-state index contributed by atoms with van der Waals surface area (Å²) in [5, 5.41) is 9.38. The minimum Gasteiger partial charge on any atom is -0.338 e. The van der Waals surface area contributed by atoms with Gasteiger partial charge in [-0.2, -0.15) is 18.3 Å². The molecule has 1 aromatic carbocycles. The highest BCUT2D eigenvalue weighted by Crippen LogP contribution is 2.28. The second kappa shape index (κ2) is 7.77. The van der Waals surface area contributed by atoms with E-state index in [1.165, 1.54) is 4.68 Å². The normalized spacial score (nSPS) is 12.7. The van der Waals surface area contributed by atoms with E-state index in [1.54, 1.807) is 31.2 Å². The molecule has 136 valence electrons. The number of rotatable bonds is 5. The molecule has 0 saturated heterocycles. The molecule has 2 rings (SSSR count). The number of carbonyl (C=O) groups excluding carboxylic acids is 1. The van der Waals surface area contributed by atoms with Crippen LogP contribution in [0.5, 0.6) is 0 Å². The van der Waals surface area contributed by atoms with Gasteiger partial charge in [-0.1, -0.05) is 24.6 Å². The minimum atomic E-state index is -4.46. The van der Waals surface area contributed by atoms with Crippen molar-refractivity contribution >= 4 is 23.3 Å². The van der Waals surface area contributed by atoms with Gasteiger partial charge in [0.2, 0.25) is 0 Å². The van der Waals surface area contributed by atoms with Gasteiger partial charge in [0, 0.05) is 29.5 Å². The van der Waals surface area contributed by atoms with E-state index in [-0.39, 0.29) is 19.0 Å². The van der Waals surface area contributed by atoms with Crippen LogP contribution in [0.2, 0.25) is 5.02 Å². The van der Waals surface area contributed by atoms with Gasteiger partial charge in [0.05, 0.1) is 0 Å². The first-order chi connectivity index (χ1) is 11.6. The second-order valence-electron chi connectivity index (χ2n) is 5.80. The predicted octanol–water partition coefficient (Wildman–Crippen LogP) is 4.32. The molecule has 1 aromatic heterocycles. The SMILES string of the molecule is Cc1cc(C(F)(F)F)nn1C[C@@H](C)CNC(=O)Nc1cccc(Cl)c1. The van der Waals surface area contributed by atoms with E-state index >= 15 is 0 Å². The van der Waals surface area contributed by atoms with Crippen molar-refractivity contribution in [1.82, 2.24) is 15.1 Å². The van der Waals surface area contributed by atoms with Gasteiger partial charge in [0.15, 0.2) is 5.69 Å². The van der Waals surface area contributed by atoms with Crippen molar-refractivity contribution in [3.05, 3.63) is 46.7 Å². The number of aryl methyl sites for hydroxylation is 1. The lowest BCUT2D eigenvalue weighted by Crippen LogP contribution is -2.33. The molecule has 0 spiro atoms. The largest absolute Gasteiger partial charge is 0.435 e. The Hall–Kier alpha value is -2.22. The third kappa shape index (κ3) is 5.67. The average molecular weight is 375 g/mol. The monoisotopic (exact) mass is 374 g/mol. The van der Waals surface area contributed by atoms with Gasteiger partial charge in [0.25, 0.3) is 0 Å². The topological polar surface area (TPSA) is 59.0 Å². The summed E-state index contributed by atoms with van der Waals surface area (Å²) in [5.41, 5.74) is 0.0572. The van der Waals surface area contributed by atoms with E-state index in [4.69, 9.17) is 11.6 Å². The van der Waals surface area contributed by atoms with Crippen molar-refractivity contribution in [1.29, 1.82) is 0 Å². The number of amides is 2. The summed E-state index contributed by atoms with van der Waals surface area (Å²) in [5.74, 6) is -0.107. The molecule has 5 nitrogen and oxygen atoms in total. The maximum Gasteiger partial charge on any atom is 0.435 e. The van der Waals surface area contributed by atoms with Crippen LogP contribution in [0.4, 0.5) is 23.7 Å². The summed E-state index contributed by atoms with van der Waals surface area (Å²) in [7, 11) is 0. The standard InChI is InChI=1S/C16H18ClF3N4O/c1-10(9-24-11(2)6-14(23-24)16(18,19)20)8-21-15(25)22-13-5-3-4-12(17)7-13/h3-7,10H,8-9H2,1-2H3,(H2,21,22,25)/t10-/m0/s1. The summed E-state index contributed by atoms with van der Waals surface area (Å²) in [6.45, 7) is 3.93. The predicted molar refractivity (Wildman–Crippen MR) is 89.6 cm³/mol. The third-order valence-corrected chi connectivity index (χ3v) is 3.68. The lowest BCUT2D eigenvalue weighted by atomic mass is 10.2. The number of carbonyl (C=O) groups is 1. The molecule has 1 atom stereocenters.